The Morgan fingerprint density at radius 2 is 1.68 bits per heavy atom. The maximum absolute atomic E-state index is 10.9. The van der Waals surface area contributed by atoms with Crippen LogP contribution in [-0.4, -0.2) is 9.79 Å². The average Bonchev–Trinajstić information content (AvgIpc) is 2.21. The predicted molar refractivity (Wildman–Crippen MR) is 77.7 cm³/mol. The van der Waals surface area contributed by atoms with Crippen molar-refractivity contribution in [1.29, 1.82) is 0 Å². The lowest BCUT2D eigenvalue weighted by Crippen LogP contribution is -2.01. The van der Waals surface area contributed by atoms with E-state index in [1.54, 1.807) is 13.8 Å². The van der Waals surface area contributed by atoms with Gasteiger partial charge in [-0.15, -0.1) is 23.2 Å². The van der Waals surface area contributed by atoms with Crippen LogP contribution in [0.4, 0.5) is 0 Å². The van der Waals surface area contributed by atoms with Gasteiger partial charge in [0.2, 0.25) is 0 Å². The van der Waals surface area contributed by atoms with Gasteiger partial charge in [0.15, 0.2) is 5.75 Å². The van der Waals surface area contributed by atoms with Crippen LogP contribution in [0.25, 0.3) is 0 Å². The third-order valence-corrected chi connectivity index (χ3v) is 4.04. The highest BCUT2D eigenvalue weighted by atomic mass is 35.5. The van der Waals surface area contributed by atoms with Gasteiger partial charge in [-0.05, 0) is 31.0 Å². The van der Waals surface area contributed by atoms with Crippen molar-refractivity contribution in [3.05, 3.63) is 27.2 Å². The van der Waals surface area contributed by atoms with Crippen molar-refractivity contribution in [2.75, 3.05) is 0 Å². The van der Waals surface area contributed by atoms with E-state index in [2.05, 4.69) is 4.52 Å². The molecule has 2 N–H and O–H groups in total. The van der Waals surface area contributed by atoms with Crippen LogP contribution in [0.15, 0.2) is 6.07 Å². The molecule has 0 saturated carbocycles. The summed E-state index contributed by atoms with van der Waals surface area (Å²) in [4.78, 5) is 17.6. The number of phosphoric acid groups is 1. The molecule has 19 heavy (non-hydrogen) atoms. The summed E-state index contributed by atoms with van der Waals surface area (Å²) in [6.07, 6.45) is 0. The van der Waals surface area contributed by atoms with Crippen molar-refractivity contribution in [1.82, 2.24) is 0 Å². The zero-order valence-corrected chi connectivity index (χ0v) is 13.8. The molecule has 2 atom stereocenters. The van der Waals surface area contributed by atoms with Crippen LogP contribution in [0, 0.1) is 0 Å². The first-order valence-corrected chi connectivity index (χ1v) is 8.25. The predicted octanol–water partition coefficient (Wildman–Crippen LogP) is 5.06. The van der Waals surface area contributed by atoms with Crippen molar-refractivity contribution < 1.29 is 18.9 Å². The first-order valence-electron chi connectivity index (χ1n) is 5.09. The number of alkyl halides is 2. The van der Waals surface area contributed by atoms with E-state index in [1.165, 1.54) is 6.07 Å². The molecule has 0 aliphatic rings. The Kier molecular flexibility index (Phi) is 5.85. The van der Waals surface area contributed by atoms with Crippen molar-refractivity contribution in [3.63, 3.8) is 0 Å². The van der Waals surface area contributed by atoms with Gasteiger partial charge in [-0.3, -0.25) is 9.79 Å². The fourth-order valence-electron chi connectivity index (χ4n) is 1.56. The molecule has 0 aliphatic heterocycles. The molecule has 9 heteroatoms. The summed E-state index contributed by atoms with van der Waals surface area (Å²) >= 11 is 24.0. The van der Waals surface area contributed by atoms with E-state index < -0.39 is 18.6 Å². The Morgan fingerprint density at radius 3 is 2.05 bits per heavy atom. The molecule has 108 valence electrons. The van der Waals surface area contributed by atoms with Gasteiger partial charge in [-0.2, -0.15) is 0 Å². The quantitative estimate of drug-likeness (QED) is 0.576. The van der Waals surface area contributed by atoms with Crippen LogP contribution >= 0.6 is 54.2 Å². The van der Waals surface area contributed by atoms with Gasteiger partial charge in [-0.25, -0.2) is 4.57 Å². The van der Waals surface area contributed by atoms with E-state index in [1.807, 2.05) is 0 Å². The first-order chi connectivity index (χ1) is 8.54. The second kappa shape index (κ2) is 6.40. The highest BCUT2D eigenvalue weighted by Crippen LogP contribution is 2.48. The van der Waals surface area contributed by atoms with Crippen molar-refractivity contribution in [2.24, 2.45) is 0 Å². The average molecular weight is 368 g/mol. The topological polar surface area (TPSA) is 66.8 Å². The molecule has 0 spiro atoms. The molecule has 1 aromatic rings. The Bertz CT molecular complexity index is 527. The lowest BCUT2D eigenvalue weighted by Gasteiger charge is -2.19. The largest absolute Gasteiger partial charge is 0.524 e. The van der Waals surface area contributed by atoms with Gasteiger partial charge in [0.25, 0.3) is 0 Å². The Hall–Kier alpha value is 0.330. The highest BCUT2D eigenvalue weighted by molar-refractivity contribution is 7.46. The Labute approximate surface area is 130 Å². The SMILES string of the molecule is CC(Cl)c1cc(OP(=O)(O)O)c(Cl)c(Cl)c1C(C)Cl. The standard InChI is InChI=1S/C10H11Cl4O4P/c1-4(11)6-3-7(18-19(15,16)17)9(13)10(14)8(6)5(2)12/h3-5H,1-2H3,(H2,15,16,17). The fourth-order valence-corrected chi connectivity index (χ4v) is 3.05. The normalized spacial score (nSPS) is 15.2. The summed E-state index contributed by atoms with van der Waals surface area (Å²) in [7, 11) is -4.74. The zero-order valence-electron chi connectivity index (χ0n) is 9.90. The van der Waals surface area contributed by atoms with Gasteiger partial charge < -0.3 is 4.52 Å². The monoisotopic (exact) mass is 366 g/mol. The summed E-state index contributed by atoms with van der Waals surface area (Å²) < 4.78 is 15.4. The first kappa shape index (κ1) is 17.4. The van der Waals surface area contributed by atoms with Crippen LogP contribution < -0.4 is 4.52 Å². The summed E-state index contributed by atoms with van der Waals surface area (Å²) in [5.41, 5.74) is 1.01. The number of rotatable bonds is 4. The summed E-state index contributed by atoms with van der Waals surface area (Å²) in [6, 6.07) is 1.33. The van der Waals surface area contributed by atoms with E-state index >= 15 is 0 Å². The number of benzene rings is 1. The number of halogens is 4. The smallest absolute Gasteiger partial charge is 0.403 e. The summed E-state index contributed by atoms with van der Waals surface area (Å²) in [5, 5.41) is -0.999. The van der Waals surface area contributed by atoms with Crippen molar-refractivity contribution in [3.8, 4) is 5.75 Å². The summed E-state index contributed by atoms with van der Waals surface area (Å²) in [5.74, 6) is -0.233. The molecule has 1 rings (SSSR count). The molecule has 0 aromatic heterocycles. The minimum absolute atomic E-state index is 0.0672. The fraction of sp³-hybridized carbons (Fsp3) is 0.400. The molecule has 1 aromatic carbocycles. The lowest BCUT2D eigenvalue weighted by molar-refractivity contribution is 0.283. The maximum Gasteiger partial charge on any atom is 0.524 e. The van der Waals surface area contributed by atoms with Crippen molar-refractivity contribution in [2.45, 2.75) is 24.6 Å². The van der Waals surface area contributed by atoms with E-state index in [9.17, 15) is 4.57 Å². The third kappa shape index (κ3) is 4.40. The Morgan fingerprint density at radius 1 is 1.16 bits per heavy atom. The second-order valence-corrected chi connectivity index (χ2v) is 7.05. The minimum atomic E-state index is -4.74. The molecule has 2 unspecified atom stereocenters. The lowest BCUT2D eigenvalue weighted by atomic mass is 10.0. The molecule has 0 fully saturated rings. The molecular formula is C10H11Cl4O4P. The van der Waals surface area contributed by atoms with E-state index in [0.717, 1.165) is 0 Å². The van der Waals surface area contributed by atoms with E-state index in [0.29, 0.717) is 11.1 Å². The van der Waals surface area contributed by atoms with E-state index in [4.69, 9.17) is 56.2 Å². The molecule has 0 saturated heterocycles. The molecule has 0 heterocycles. The van der Waals surface area contributed by atoms with Gasteiger partial charge in [-0.1, -0.05) is 23.2 Å². The number of hydrogen-bond donors (Lipinski definition) is 2. The second-order valence-electron chi connectivity index (χ2n) is 3.82. The van der Waals surface area contributed by atoms with Crippen LogP contribution in [0.1, 0.15) is 35.7 Å². The molecular weight excluding hydrogens is 357 g/mol. The number of hydrogen-bond acceptors (Lipinski definition) is 2. The molecule has 0 amide bonds. The Balaban J connectivity index is 3.50. The maximum atomic E-state index is 10.9. The van der Waals surface area contributed by atoms with Crippen LogP contribution in [0.2, 0.25) is 10.0 Å². The van der Waals surface area contributed by atoms with Crippen LogP contribution in [0.5, 0.6) is 5.75 Å². The van der Waals surface area contributed by atoms with Gasteiger partial charge in [0.05, 0.1) is 15.8 Å². The molecule has 0 bridgehead atoms. The van der Waals surface area contributed by atoms with Gasteiger partial charge >= 0.3 is 7.82 Å². The highest BCUT2D eigenvalue weighted by Gasteiger charge is 2.25. The summed E-state index contributed by atoms with van der Waals surface area (Å²) in [6.45, 7) is 3.36. The van der Waals surface area contributed by atoms with Gasteiger partial charge in [0.1, 0.15) is 5.02 Å². The third-order valence-electron chi connectivity index (χ3n) is 2.29. The molecule has 0 radical (unpaired) electrons. The van der Waals surface area contributed by atoms with Crippen molar-refractivity contribution >= 4 is 54.2 Å². The van der Waals surface area contributed by atoms with E-state index in [-0.39, 0.29) is 15.8 Å². The molecule has 0 aliphatic carbocycles. The molecule has 4 nitrogen and oxygen atoms in total. The van der Waals surface area contributed by atoms with Crippen LogP contribution in [-0.2, 0) is 4.57 Å². The minimum Gasteiger partial charge on any atom is -0.403 e. The zero-order chi connectivity index (χ0) is 15.0. The van der Waals surface area contributed by atoms with Crippen LogP contribution in [0.3, 0.4) is 0 Å². The number of phosphoric ester groups is 1. The van der Waals surface area contributed by atoms with Gasteiger partial charge in [0, 0.05) is 0 Å².